The lowest BCUT2D eigenvalue weighted by Crippen LogP contribution is -2.51. The van der Waals surface area contributed by atoms with Crippen LogP contribution in [0.4, 0.5) is 0 Å². The number of ketones is 1. The molecule has 0 aliphatic carbocycles. The van der Waals surface area contributed by atoms with Crippen LogP contribution in [-0.2, 0) is 28.7 Å². The molecule has 2 atom stereocenters. The summed E-state index contributed by atoms with van der Waals surface area (Å²) in [5, 5.41) is 0. The van der Waals surface area contributed by atoms with Gasteiger partial charge in [0.25, 0.3) is 11.2 Å². The minimum absolute atomic E-state index is 0.271. The monoisotopic (exact) mass is 199 g/mol. The largest absolute Gasteiger partial charge is 0.463 e. The molecule has 0 aromatic heterocycles. The number of hydrogen-bond donors (Lipinski definition) is 1. The Hall–Kier alpha value is -1.76. The predicted molar refractivity (Wildman–Crippen MR) is 37.5 cm³/mol. The number of nitrogens with two attached hydrogens (primary N) is 1. The van der Waals surface area contributed by atoms with Gasteiger partial charge in [0, 0.05) is 0 Å². The molecule has 2 rings (SSSR count). The Morgan fingerprint density at radius 1 is 1.21 bits per heavy atom. The maximum atomic E-state index is 11.3. The standard InChI is InChI=1S/C7H5NO6/c8-2-1-13-5(11)7(2)3(9)4(10)14-6(7)12/h2H,1,8H2. The van der Waals surface area contributed by atoms with Crippen LogP contribution in [0.3, 0.4) is 0 Å². The van der Waals surface area contributed by atoms with Crippen molar-refractivity contribution in [3.05, 3.63) is 0 Å². The van der Waals surface area contributed by atoms with Crippen LogP contribution in [0.2, 0.25) is 0 Å². The first kappa shape index (κ1) is 8.82. The molecule has 2 unspecified atom stereocenters. The lowest BCUT2D eigenvalue weighted by molar-refractivity contribution is -0.159. The summed E-state index contributed by atoms with van der Waals surface area (Å²) in [5.74, 6) is -4.94. The summed E-state index contributed by atoms with van der Waals surface area (Å²) in [5.41, 5.74) is 3.15. The van der Waals surface area contributed by atoms with E-state index in [0.717, 1.165) is 0 Å². The van der Waals surface area contributed by atoms with Crippen molar-refractivity contribution in [2.45, 2.75) is 6.04 Å². The van der Waals surface area contributed by atoms with Crippen molar-refractivity contribution < 1.29 is 28.7 Å². The number of carbonyl (C=O) groups is 4. The molecule has 7 nitrogen and oxygen atoms in total. The smallest absolute Gasteiger partial charge is 0.384 e. The average molecular weight is 199 g/mol. The van der Waals surface area contributed by atoms with Crippen molar-refractivity contribution in [2.24, 2.45) is 11.1 Å². The minimum Gasteiger partial charge on any atom is -0.463 e. The van der Waals surface area contributed by atoms with Crippen molar-refractivity contribution in [1.82, 2.24) is 0 Å². The van der Waals surface area contributed by atoms with Crippen LogP contribution in [0.15, 0.2) is 0 Å². The van der Waals surface area contributed by atoms with Crippen LogP contribution in [0.25, 0.3) is 0 Å². The predicted octanol–water partition coefficient (Wildman–Crippen LogP) is -2.49. The maximum Gasteiger partial charge on any atom is 0.384 e. The number of cyclic esters (lactones) is 3. The highest BCUT2D eigenvalue weighted by molar-refractivity contribution is 6.51. The Kier molecular flexibility index (Phi) is 1.50. The van der Waals surface area contributed by atoms with E-state index in [-0.39, 0.29) is 6.61 Å². The van der Waals surface area contributed by atoms with Gasteiger partial charge in [0.2, 0.25) is 0 Å². The molecule has 0 aromatic rings. The van der Waals surface area contributed by atoms with Crippen LogP contribution in [0.1, 0.15) is 0 Å². The zero-order valence-corrected chi connectivity index (χ0v) is 6.81. The third kappa shape index (κ3) is 0.704. The molecule has 0 radical (unpaired) electrons. The van der Waals surface area contributed by atoms with E-state index in [2.05, 4.69) is 9.47 Å². The number of Topliss-reactive ketones (excluding diaryl/α,β-unsaturated/α-hetero) is 1. The molecule has 7 heteroatoms. The summed E-state index contributed by atoms with van der Waals surface area (Å²) >= 11 is 0. The van der Waals surface area contributed by atoms with Crippen molar-refractivity contribution in [3.63, 3.8) is 0 Å². The lowest BCUT2D eigenvalue weighted by Gasteiger charge is -2.13. The van der Waals surface area contributed by atoms with E-state index >= 15 is 0 Å². The Morgan fingerprint density at radius 3 is 2.21 bits per heavy atom. The van der Waals surface area contributed by atoms with Crippen LogP contribution < -0.4 is 5.73 Å². The molecule has 0 saturated carbocycles. The molecule has 2 N–H and O–H groups in total. The fourth-order valence-electron chi connectivity index (χ4n) is 1.52. The van der Waals surface area contributed by atoms with Gasteiger partial charge in [-0.3, -0.25) is 9.59 Å². The van der Waals surface area contributed by atoms with Crippen molar-refractivity contribution in [1.29, 1.82) is 0 Å². The fourth-order valence-corrected chi connectivity index (χ4v) is 1.52. The molecule has 2 aliphatic heterocycles. The topological polar surface area (TPSA) is 113 Å². The van der Waals surface area contributed by atoms with Gasteiger partial charge in [-0.25, -0.2) is 9.59 Å². The zero-order valence-electron chi connectivity index (χ0n) is 6.81. The van der Waals surface area contributed by atoms with Crippen molar-refractivity contribution in [2.75, 3.05) is 6.61 Å². The number of esters is 3. The van der Waals surface area contributed by atoms with E-state index in [1.54, 1.807) is 0 Å². The van der Waals surface area contributed by atoms with Gasteiger partial charge < -0.3 is 15.2 Å². The van der Waals surface area contributed by atoms with Crippen molar-refractivity contribution in [3.8, 4) is 0 Å². The molecule has 74 valence electrons. The molecular formula is C7H5NO6. The first-order chi connectivity index (χ1) is 6.51. The summed E-state index contributed by atoms with van der Waals surface area (Å²) in [4.78, 5) is 44.5. The van der Waals surface area contributed by atoms with Crippen LogP contribution in [0.5, 0.6) is 0 Å². The highest BCUT2D eigenvalue weighted by Crippen LogP contribution is 2.36. The minimum atomic E-state index is -2.24. The van der Waals surface area contributed by atoms with Gasteiger partial charge in [0.15, 0.2) is 0 Å². The van der Waals surface area contributed by atoms with Crippen LogP contribution >= 0.6 is 0 Å². The SMILES string of the molecule is NC1COC(=O)C12C(=O)OC(=O)C2=O. The molecule has 0 aromatic carbocycles. The quantitative estimate of drug-likeness (QED) is 0.261. The summed E-state index contributed by atoms with van der Waals surface area (Å²) in [6.07, 6.45) is 0. The van der Waals surface area contributed by atoms with Gasteiger partial charge >= 0.3 is 17.9 Å². The molecule has 2 fully saturated rings. The molecule has 2 aliphatic rings. The molecule has 2 heterocycles. The highest BCUT2D eigenvalue weighted by atomic mass is 16.6. The Bertz CT molecular complexity index is 374. The number of hydrogen-bond acceptors (Lipinski definition) is 7. The van der Waals surface area contributed by atoms with Crippen LogP contribution in [-0.4, -0.2) is 36.3 Å². The second-order valence-electron chi connectivity index (χ2n) is 3.02. The van der Waals surface area contributed by atoms with Gasteiger partial charge in [-0.15, -0.1) is 0 Å². The first-order valence-electron chi connectivity index (χ1n) is 3.75. The molecular weight excluding hydrogens is 194 g/mol. The van der Waals surface area contributed by atoms with E-state index in [1.807, 2.05) is 0 Å². The molecule has 2 saturated heterocycles. The number of ether oxygens (including phenoxy) is 2. The first-order valence-corrected chi connectivity index (χ1v) is 3.75. The van der Waals surface area contributed by atoms with Gasteiger partial charge in [0.05, 0.1) is 6.04 Å². The second kappa shape index (κ2) is 2.38. The van der Waals surface area contributed by atoms with E-state index in [9.17, 15) is 19.2 Å². The molecule has 14 heavy (non-hydrogen) atoms. The lowest BCUT2D eigenvalue weighted by atomic mass is 9.80. The van der Waals surface area contributed by atoms with E-state index in [1.165, 1.54) is 0 Å². The molecule has 0 amide bonds. The molecule has 1 spiro atoms. The second-order valence-corrected chi connectivity index (χ2v) is 3.02. The Morgan fingerprint density at radius 2 is 1.86 bits per heavy atom. The number of carbonyl (C=O) groups excluding carboxylic acids is 4. The molecule has 0 bridgehead atoms. The maximum absolute atomic E-state index is 11.3. The normalized spacial score (nSPS) is 36.5. The highest BCUT2D eigenvalue weighted by Gasteiger charge is 2.70. The summed E-state index contributed by atoms with van der Waals surface area (Å²) < 4.78 is 8.50. The summed E-state index contributed by atoms with van der Waals surface area (Å²) in [6.45, 7) is -0.271. The van der Waals surface area contributed by atoms with Gasteiger partial charge in [-0.05, 0) is 0 Å². The number of rotatable bonds is 0. The average Bonchev–Trinajstić information content (AvgIpc) is 2.52. The van der Waals surface area contributed by atoms with E-state index in [0.29, 0.717) is 0 Å². The third-order valence-electron chi connectivity index (χ3n) is 2.32. The van der Waals surface area contributed by atoms with Gasteiger partial charge in [-0.2, -0.15) is 0 Å². The van der Waals surface area contributed by atoms with Gasteiger partial charge in [-0.1, -0.05) is 0 Å². The Labute approximate surface area is 77.1 Å². The Balaban J connectivity index is 2.58. The third-order valence-corrected chi connectivity index (χ3v) is 2.32. The van der Waals surface area contributed by atoms with E-state index < -0.39 is 35.1 Å². The van der Waals surface area contributed by atoms with E-state index in [4.69, 9.17) is 5.73 Å². The zero-order chi connectivity index (χ0) is 10.5. The van der Waals surface area contributed by atoms with Crippen molar-refractivity contribution >= 4 is 23.7 Å². The summed E-state index contributed by atoms with van der Waals surface area (Å²) in [7, 11) is 0. The van der Waals surface area contributed by atoms with Crippen LogP contribution in [0, 0.1) is 5.41 Å². The van der Waals surface area contributed by atoms with Gasteiger partial charge in [0.1, 0.15) is 6.61 Å². The fraction of sp³-hybridized carbons (Fsp3) is 0.429. The summed E-state index contributed by atoms with van der Waals surface area (Å²) in [6, 6.07) is -1.15.